The molecule has 0 bridgehead atoms. The Balaban J connectivity index is 1.03. The topological polar surface area (TPSA) is 61.7 Å². The molecule has 330 valence electrons. The third kappa shape index (κ3) is 6.25. The van der Waals surface area contributed by atoms with Gasteiger partial charge in [-0.15, -0.1) is 0 Å². The Morgan fingerprint density at radius 2 is 0.775 bits per heavy atom. The number of hydrogen-bond donors (Lipinski definition) is 0. The molecule has 0 amide bonds. The molecule has 71 heavy (non-hydrogen) atoms. The van der Waals surface area contributed by atoms with E-state index in [1.807, 2.05) is 6.07 Å². The van der Waals surface area contributed by atoms with Crippen LogP contribution in [-0.4, -0.2) is 24.1 Å². The van der Waals surface area contributed by atoms with E-state index in [1.165, 1.54) is 26.9 Å². The van der Waals surface area contributed by atoms with Gasteiger partial charge in [-0.3, -0.25) is 0 Å². The van der Waals surface area contributed by atoms with Gasteiger partial charge in [-0.05, 0) is 93.3 Å². The van der Waals surface area contributed by atoms with Gasteiger partial charge >= 0.3 is 0 Å². The smallest absolute Gasteiger partial charge is 0.164 e. The van der Waals surface area contributed by atoms with E-state index in [0.717, 1.165) is 99.4 Å². The van der Waals surface area contributed by atoms with Gasteiger partial charge in [0.15, 0.2) is 17.5 Å². The average Bonchev–Trinajstić information content (AvgIpc) is 4.08. The highest BCUT2D eigenvalue weighted by Crippen LogP contribution is 2.43. The van der Waals surface area contributed by atoms with Gasteiger partial charge in [0.05, 0.1) is 27.8 Å². The molecule has 4 heterocycles. The van der Waals surface area contributed by atoms with Gasteiger partial charge in [0.2, 0.25) is 0 Å². The van der Waals surface area contributed by atoms with E-state index >= 15 is 0 Å². The third-order valence-electron chi connectivity index (χ3n) is 14.3. The molecule has 0 radical (unpaired) electrons. The summed E-state index contributed by atoms with van der Waals surface area (Å²) >= 11 is 0. The van der Waals surface area contributed by atoms with Crippen molar-refractivity contribution in [2.24, 2.45) is 0 Å². The number of aromatic nitrogens is 5. The molecular weight excluding hydrogens is 867 g/mol. The van der Waals surface area contributed by atoms with Gasteiger partial charge in [-0.2, -0.15) is 0 Å². The van der Waals surface area contributed by atoms with Crippen molar-refractivity contribution in [3.63, 3.8) is 0 Å². The Morgan fingerprint density at radius 1 is 0.282 bits per heavy atom. The molecule has 0 atom stereocenters. The van der Waals surface area contributed by atoms with Crippen molar-refractivity contribution in [2.45, 2.75) is 0 Å². The monoisotopic (exact) mass is 905 g/mol. The fraction of sp³-hybridized carbons (Fsp3) is 0. The zero-order valence-corrected chi connectivity index (χ0v) is 38.2. The number of para-hydroxylation sites is 3. The minimum Gasteiger partial charge on any atom is -0.456 e. The Morgan fingerprint density at radius 3 is 1.49 bits per heavy atom. The van der Waals surface area contributed by atoms with Crippen LogP contribution >= 0.6 is 0 Å². The standard InChI is InChI=1S/C65H39N5O/c1-3-15-40(16-4-1)41-27-29-42(30-28-41)63-66-64(47-31-32-52-50-23-11-13-25-56(50)69(58(52)36-47)48-21-5-2-6-22-48)68-65(67-63)55-38-49(39-61-62(55)54-34-44-18-8-10-20-46(44)37-60(54)71-61)70-57-26-14-12-24-51(57)53-33-43-17-7-9-19-45(43)35-59(53)70/h1-39H. The molecule has 0 saturated heterocycles. The summed E-state index contributed by atoms with van der Waals surface area (Å²) in [4.78, 5) is 16.4. The number of hydrogen-bond acceptors (Lipinski definition) is 4. The van der Waals surface area contributed by atoms with E-state index in [4.69, 9.17) is 19.4 Å². The molecule has 11 aromatic carbocycles. The zero-order valence-electron chi connectivity index (χ0n) is 38.2. The normalized spacial score (nSPS) is 11.9. The minimum absolute atomic E-state index is 0.551. The van der Waals surface area contributed by atoms with E-state index in [9.17, 15) is 0 Å². The number of fused-ring (bicyclic) bond motifs is 11. The van der Waals surface area contributed by atoms with Crippen LogP contribution in [0.3, 0.4) is 0 Å². The maximum absolute atomic E-state index is 6.99. The lowest BCUT2D eigenvalue weighted by atomic mass is 10.0. The molecule has 0 aliphatic carbocycles. The van der Waals surface area contributed by atoms with E-state index in [1.54, 1.807) is 0 Å². The number of furan rings is 1. The van der Waals surface area contributed by atoms with Gasteiger partial charge < -0.3 is 13.6 Å². The lowest BCUT2D eigenvalue weighted by Crippen LogP contribution is -2.02. The molecule has 6 heteroatoms. The summed E-state index contributed by atoms with van der Waals surface area (Å²) in [6.45, 7) is 0. The predicted molar refractivity (Wildman–Crippen MR) is 293 cm³/mol. The lowest BCUT2D eigenvalue weighted by Gasteiger charge is -2.13. The van der Waals surface area contributed by atoms with Crippen molar-refractivity contribution in [3.05, 3.63) is 237 Å². The van der Waals surface area contributed by atoms with Crippen LogP contribution in [0.2, 0.25) is 0 Å². The third-order valence-corrected chi connectivity index (χ3v) is 14.3. The van der Waals surface area contributed by atoms with Crippen molar-refractivity contribution in [1.82, 2.24) is 24.1 Å². The molecule has 0 N–H and O–H groups in total. The van der Waals surface area contributed by atoms with Gasteiger partial charge in [0.25, 0.3) is 0 Å². The second-order valence-corrected chi connectivity index (χ2v) is 18.4. The lowest BCUT2D eigenvalue weighted by molar-refractivity contribution is 0.669. The summed E-state index contributed by atoms with van der Waals surface area (Å²) < 4.78 is 11.7. The number of rotatable bonds is 6. The first-order valence-electron chi connectivity index (χ1n) is 24.0. The maximum Gasteiger partial charge on any atom is 0.164 e. The summed E-state index contributed by atoms with van der Waals surface area (Å²) in [6.07, 6.45) is 0. The molecule has 0 fully saturated rings. The zero-order chi connectivity index (χ0) is 46.6. The quantitative estimate of drug-likeness (QED) is 0.167. The van der Waals surface area contributed by atoms with Crippen LogP contribution < -0.4 is 0 Å². The number of benzene rings is 11. The molecule has 0 aliphatic rings. The summed E-state index contributed by atoms with van der Waals surface area (Å²) in [5, 5.41) is 11.3. The van der Waals surface area contributed by atoms with Crippen LogP contribution in [-0.2, 0) is 0 Å². The van der Waals surface area contributed by atoms with Crippen LogP contribution in [0, 0.1) is 0 Å². The molecule has 6 nitrogen and oxygen atoms in total. The molecule has 15 aromatic rings. The average molecular weight is 906 g/mol. The second-order valence-electron chi connectivity index (χ2n) is 18.4. The van der Waals surface area contributed by atoms with E-state index in [2.05, 4.69) is 240 Å². The molecule has 0 saturated carbocycles. The first-order chi connectivity index (χ1) is 35.2. The van der Waals surface area contributed by atoms with Crippen LogP contribution in [0.5, 0.6) is 0 Å². The molecule has 15 rings (SSSR count). The minimum atomic E-state index is 0.551. The highest BCUT2D eigenvalue weighted by Gasteiger charge is 2.23. The fourth-order valence-electron chi connectivity index (χ4n) is 11.0. The Labute approximate surface area is 407 Å². The Bertz CT molecular complexity index is 4620. The SMILES string of the molecule is c1ccc(-c2ccc(-c3nc(-c4ccc5c6ccccc6n(-c6ccccc6)c5c4)nc(-c4cc(-n5c6ccccc6c6cc7ccccc7cc65)cc5oc6cc7ccccc7cc6c45)n3)cc2)cc1. The van der Waals surface area contributed by atoms with Crippen LogP contribution in [0.4, 0.5) is 0 Å². The summed E-state index contributed by atoms with van der Waals surface area (Å²) in [6, 6.07) is 83.9. The van der Waals surface area contributed by atoms with Crippen LogP contribution in [0.25, 0.3) is 144 Å². The Kier molecular flexibility index (Phi) is 8.56. The molecular formula is C65H39N5O. The van der Waals surface area contributed by atoms with E-state index in [-0.39, 0.29) is 0 Å². The highest BCUT2D eigenvalue weighted by atomic mass is 16.3. The molecule has 0 aliphatic heterocycles. The largest absolute Gasteiger partial charge is 0.456 e. The maximum atomic E-state index is 6.99. The van der Waals surface area contributed by atoms with Crippen molar-refractivity contribution in [3.8, 4) is 56.7 Å². The van der Waals surface area contributed by atoms with Crippen LogP contribution in [0.15, 0.2) is 241 Å². The highest BCUT2D eigenvalue weighted by molar-refractivity contribution is 6.18. The van der Waals surface area contributed by atoms with Crippen molar-refractivity contribution < 1.29 is 4.42 Å². The summed E-state index contributed by atoms with van der Waals surface area (Å²) in [5.74, 6) is 1.70. The molecule has 4 aromatic heterocycles. The molecule has 0 unspecified atom stereocenters. The van der Waals surface area contributed by atoms with Crippen LogP contribution in [0.1, 0.15) is 0 Å². The second kappa shape index (κ2) is 15.4. The molecule has 0 spiro atoms. The summed E-state index contributed by atoms with van der Waals surface area (Å²) in [7, 11) is 0. The predicted octanol–water partition coefficient (Wildman–Crippen LogP) is 16.9. The first-order valence-corrected chi connectivity index (χ1v) is 24.0. The van der Waals surface area contributed by atoms with E-state index < -0.39 is 0 Å². The van der Waals surface area contributed by atoms with Gasteiger partial charge in [-0.1, -0.05) is 170 Å². The van der Waals surface area contributed by atoms with Gasteiger partial charge in [-0.25, -0.2) is 15.0 Å². The first kappa shape index (κ1) is 39.4. The van der Waals surface area contributed by atoms with E-state index in [0.29, 0.717) is 17.5 Å². The van der Waals surface area contributed by atoms with Crippen molar-refractivity contribution >= 4 is 87.1 Å². The van der Waals surface area contributed by atoms with Crippen molar-refractivity contribution in [2.75, 3.05) is 0 Å². The number of nitrogens with zero attached hydrogens (tertiary/aromatic N) is 5. The Hall–Kier alpha value is -9.65. The fourth-order valence-corrected chi connectivity index (χ4v) is 11.0. The van der Waals surface area contributed by atoms with Gasteiger partial charge in [0.1, 0.15) is 11.2 Å². The van der Waals surface area contributed by atoms with Crippen molar-refractivity contribution in [1.29, 1.82) is 0 Å². The summed E-state index contributed by atoms with van der Waals surface area (Å²) in [5.41, 5.74) is 12.9. The van der Waals surface area contributed by atoms with Gasteiger partial charge in [0, 0.05) is 60.8 Å².